The Bertz CT molecular complexity index is 1210. The number of benzene rings is 1. The van der Waals surface area contributed by atoms with Gasteiger partial charge in [-0.15, -0.1) is 4.09 Å². The summed E-state index contributed by atoms with van der Waals surface area (Å²) in [7, 11) is -4.00. The molecule has 206 valence electrons. The van der Waals surface area contributed by atoms with Crippen molar-refractivity contribution in [3.05, 3.63) is 57.5 Å². The smallest absolute Gasteiger partial charge is 0.407 e. The van der Waals surface area contributed by atoms with Crippen molar-refractivity contribution in [1.29, 1.82) is 0 Å². The third kappa shape index (κ3) is 9.34. The highest BCUT2D eigenvalue weighted by Crippen LogP contribution is 2.18. The molecule has 0 aliphatic heterocycles. The van der Waals surface area contributed by atoms with Crippen molar-refractivity contribution in [2.24, 2.45) is 11.7 Å². The van der Waals surface area contributed by atoms with Gasteiger partial charge in [0.2, 0.25) is 5.91 Å². The van der Waals surface area contributed by atoms with Crippen LogP contribution in [0.2, 0.25) is 0 Å². The van der Waals surface area contributed by atoms with Crippen LogP contribution in [0.15, 0.2) is 35.1 Å². The summed E-state index contributed by atoms with van der Waals surface area (Å²) in [5.41, 5.74) is 4.89. The molecule has 37 heavy (non-hydrogen) atoms. The fourth-order valence-electron chi connectivity index (χ4n) is 3.22. The van der Waals surface area contributed by atoms with Crippen molar-refractivity contribution >= 4 is 22.0 Å². The number of nitrogens with two attached hydrogens (primary N) is 1. The zero-order valence-corrected chi connectivity index (χ0v) is 22.7. The molecule has 1 aromatic carbocycles. The van der Waals surface area contributed by atoms with E-state index in [1.165, 1.54) is 13.8 Å². The van der Waals surface area contributed by atoms with Crippen LogP contribution in [0.3, 0.4) is 0 Å². The van der Waals surface area contributed by atoms with Crippen molar-refractivity contribution in [3.8, 4) is 0 Å². The molecule has 0 bridgehead atoms. The van der Waals surface area contributed by atoms with Crippen LogP contribution in [-0.4, -0.2) is 61.2 Å². The molecule has 2 amide bonds. The normalized spacial score (nSPS) is 12.8. The number of carbonyl (C=O) groups is 2. The number of nitrogens with one attached hydrogen (secondary N) is 3. The number of rotatable bonds is 13. The SMILES string of the molecule is CC(C)CNC(=O)OCCc1c([C@H](COCc2ccccc2)NC(=O)C(C)(C)N)[nH]n(S(C)(=O)=O)c1=O. The second kappa shape index (κ2) is 12.9. The summed E-state index contributed by atoms with van der Waals surface area (Å²) >= 11 is 0. The van der Waals surface area contributed by atoms with Gasteiger partial charge in [-0.25, -0.2) is 13.2 Å². The first-order valence-electron chi connectivity index (χ1n) is 11.9. The molecule has 1 atom stereocenters. The van der Waals surface area contributed by atoms with E-state index in [2.05, 4.69) is 15.7 Å². The lowest BCUT2D eigenvalue weighted by Gasteiger charge is -2.24. The van der Waals surface area contributed by atoms with E-state index in [1.54, 1.807) is 0 Å². The Hall–Kier alpha value is -3.16. The molecule has 0 fully saturated rings. The summed E-state index contributed by atoms with van der Waals surface area (Å²) in [5, 5.41) is 7.93. The number of hydrogen-bond acceptors (Lipinski definition) is 8. The Kier molecular flexibility index (Phi) is 10.5. The number of aromatic amines is 1. The van der Waals surface area contributed by atoms with Crippen LogP contribution >= 0.6 is 0 Å². The van der Waals surface area contributed by atoms with Gasteiger partial charge in [0.1, 0.15) is 0 Å². The summed E-state index contributed by atoms with van der Waals surface area (Å²) in [6, 6.07) is 8.37. The number of amides is 2. The van der Waals surface area contributed by atoms with Crippen LogP contribution < -0.4 is 21.9 Å². The second-order valence-corrected chi connectivity index (χ2v) is 11.6. The Labute approximate surface area is 216 Å². The van der Waals surface area contributed by atoms with E-state index in [9.17, 15) is 22.8 Å². The number of alkyl carbamates (subject to hydrolysis) is 1. The molecule has 0 radical (unpaired) electrons. The number of carbonyl (C=O) groups excluding carboxylic acids is 2. The van der Waals surface area contributed by atoms with Gasteiger partial charge in [-0.3, -0.25) is 14.7 Å². The fourth-order valence-corrected chi connectivity index (χ4v) is 3.90. The standard InChI is InChI=1S/C24H37N5O7S/c1-16(2)13-26-23(32)36-12-11-18-20(28-29(21(18)30)37(5,33)34)19(27-22(31)24(3,4)25)15-35-14-17-9-7-6-8-10-17/h6-10,16,19,28H,11-15,25H2,1-5H3,(H,26,32)(H,27,31)/t19-/m0/s1. The van der Waals surface area contributed by atoms with Gasteiger partial charge in [0.05, 0.1) is 43.4 Å². The van der Waals surface area contributed by atoms with Crippen molar-refractivity contribution in [3.63, 3.8) is 0 Å². The highest BCUT2D eigenvalue weighted by molar-refractivity contribution is 7.89. The number of nitrogens with zero attached hydrogens (tertiary/aromatic N) is 1. The summed E-state index contributed by atoms with van der Waals surface area (Å²) < 4.78 is 35.9. The zero-order valence-electron chi connectivity index (χ0n) is 21.9. The van der Waals surface area contributed by atoms with Gasteiger partial charge >= 0.3 is 6.09 Å². The number of ether oxygens (including phenoxy) is 2. The van der Waals surface area contributed by atoms with Gasteiger partial charge in [0, 0.05) is 18.5 Å². The Morgan fingerprint density at radius 2 is 1.84 bits per heavy atom. The predicted molar refractivity (Wildman–Crippen MR) is 138 cm³/mol. The van der Waals surface area contributed by atoms with E-state index in [0.29, 0.717) is 10.6 Å². The lowest BCUT2D eigenvalue weighted by Crippen LogP contribution is -2.50. The Balaban J connectivity index is 2.34. The molecule has 2 rings (SSSR count). The van der Waals surface area contributed by atoms with Gasteiger partial charge in [0.25, 0.3) is 15.6 Å². The highest BCUT2D eigenvalue weighted by Gasteiger charge is 2.30. The van der Waals surface area contributed by atoms with Crippen LogP contribution in [0, 0.1) is 5.92 Å². The summed E-state index contributed by atoms with van der Waals surface area (Å²) in [6.07, 6.45) is 0.117. The predicted octanol–water partition coefficient (Wildman–Crippen LogP) is 1.02. The van der Waals surface area contributed by atoms with Crippen LogP contribution in [0.25, 0.3) is 0 Å². The topological polar surface area (TPSA) is 175 Å². The molecular weight excluding hydrogens is 502 g/mol. The molecule has 0 saturated heterocycles. The molecular formula is C24H37N5O7S. The van der Waals surface area contributed by atoms with Gasteiger partial charge < -0.3 is 25.8 Å². The van der Waals surface area contributed by atoms with Crippen molar-refractivity contribution < 1.29 is 27.5 Å². The third-order valence-electron chi connectivity index (χ3n) is 5.20. The maximum Gasteiger partial charge on any atom is 0.407 e. The number of hydrogen-bond donors (Lipinski definition) is 4. The van der Waals surface area contributed by atoms with Crippen LogP contribution in [0.1, 0.15) is 50.6 Å². The summed E-state index contributed by atoms with van der Waals surface area (Å²) in [4.78, 5) is 37.7. The average molecular weight is 540 g/mol. The van der Waals surface area contributed by atoms with Gasteiger partial charge in [-0.05, 0) is 25.3 Å². The molecule has 0 aliphatic carbocycles. The maximum atomic E-state index is 13.0. The van der Waals surface area contributed by atoms with E-state index in [-0.39, 0.29) is 43.4 Å². The molecule has 2 aromatic rings. The Morgan fingerprint density at radius 3 is 2.41 bits per heavy atom. The molecule has 13 heteroatoms. The molecule has 12 nitrogen and oxygen atoms in total. The molecule has 1 heterocycles. The van der Waals surface area contributed by atoms with E-state index >= 15 is 0 Å². The maximum absolute atomic E-state index is 13.0. The van der Waals surface area contributed by atoms with E-state index in [1.807, 2.05) is 44.2 Å². The highest BCUT2D eigenvalue weighted by atomic mass is 32.2. The van der Waals surface area contributed by atoms with Gasteiger partial charge in [-0.1, -0.05) is 44.2 Å². The zero-order chi connectivity index (χ0) is 27.8. The number of aromatic nitrogens is 2. The van der Waals surface area contributed by atoms with Crippen LogP contribution in [0.5, 0.6) is 0 Å². The molecule has 0 aliphatic rings. The lowest BCUT2D eigenvalue weighted by molar-refractivity contribution is -0.126. The second-order valence-electron chi connectivity index (χ2n) is 9.75. The van der Waals surface area contributed by atoms with Crippen molar-refractivity contribution in [2.45, 2.75) is 52.3 Å². The minimum absolute atomic E-state index is 0.0329. The molecule has 0 spiro atoms. The Morgan fingerprint density at radius 1 is 1.19 bits per heavy atom. The quantitative estimate of drug-likeness (QED) is 0.292. The van der Waals surface area contributed by atoms with Gasteiger partial charge in [-0.2, -0.15) is 0 Å². The van der Waals surface area contributed by atoms with Crippen LogP contribution in [-0.2, 0) is 37.3 Å². The molecule has 5 N–H and O–H groups in total. The first-order valence-corrected chi connectivity index (χ1v) is 13.7. The molecule has 1 aromatic heterocycles. The van der Waals surface area contributed by atoms with E-state index in [4.69, 9.17) is 15.2 Å². The molecule has 0 saturated carbocycles. The largest absolute Gasteiger partial charge is 0.449 e. The van der Waals surface area contributed by atoms with Crippen molar-refractivity contribution in [1.82, 2.24) is 19.8 Å². The fraction of sp³-hybridized carbons (Fsp3) is 0.542. The minimum atomic E-state index is -4.00. The monoisotopic (exact) mass is 539 g/mol. The number of H-pyrrole nitrogens is 1. The summed E-state index contributed by atoms with van der Waals surface area (Å²) in [5.74, 6) is -0.318. The first kappa shape index (κ1) is 30.1. The average Bonchev–Trinajstić information content (AvgIpc) is 3.13. The van der Waals surface area contributed by atoms with Crippen LogP contribution in [0.4, 0.5) is 4.79 Å². The summed E-state index contributed by atoms with van der Waals surface area (Å²) in [6.45, 7) is 7.22. The third-order valence-corrected chi connectivity index (χ3v) is 6.12. The minimum Gasteiger partial charge on any atom is -0.449 e. The lowest BCUT2D eigenvalue weighted by atomic mass is 10.0. The molecule has 0 unspecified atom stereocenters. The first-order chi connectivity index (χ1) is 17.2. The van der Waals surface area contributed by atoms with E-state index < -0.39 is 39.2 Å². The van der Waals surface area contributed by atoms with E-state index in [0.717, 1.165) is 11.8 Å². The van der Waals surface area contributed by atoms with Crippen molar-refractivity contribution in [2.75, 3.05) is 26.0 Å². The van der Waals surface area contributed by atoms with Gasteiger partial charge in [0.15, 0.2) is 0 Å².